The minimum absolute atomic E-state index is 0.491. The Morgan fingerprint density at radius 3 is 2.33 bits per heavy atom. The third-order valence-corrected chi connectivity index (χ3v) is 1.90. The number of hydrogen-bond acceptors (Lipinski definition) is 4. The second kappa shape index (κ2) is 5.24. The Bertz CT molecular complexity index is 347. The molecule has 15 heavy (non-hydrogen) atoms. The van der Waals surface area contributed by atoms with Gasteiger partial charge in [-0.3, -0.25) is 4.79 Å². The zero-order valence-corrected chi connectivity index (χ0v) is 9.07. The molecule has 0 aliphatic heterocycles. The van der Waals surface area contributed by atoms with E-state index >= 15 is 0 Å². The van der Waals surface area contributed by atoms with Gasteiger partial charge in [0.05, 0.1) is 20.8 Å². The first-order valence-electron chi connectivity index (χ1n) is 4.60. The molecule has 0 heterocycles. The first-order chi connectivity index (χ1) is 7.26. The summed E-state index contributed by atoms with van der Waals surface area (Å²) in [6, 6.07) is 3.23. The number of benzene rings is 1. The van der Waals surface area contributed by atoms with E-state index in [1.165, 1.54) is 14.2 Å². The van der Waals surface area contributed by atoms with Gasteiger partial charge in [-0.15, -0.1) is 0 Å². The topological polar surface area (TPSA) is 44.8 Å². The molecule has 0 aliphatic carbocycles. The molecule has 0 saturated carbocycles. The summed E-state index contributed by atoms with van der Waals surface area (Å²) in [7, 11) is 3.04. The highest BCUT2D eigenvalue weighted by Crippen LogP contribution is 2.37. The summed E-state index contributed by atoms with van der Waals surface area (Å²) in [4.78, 5) is 10.7. The van der Waals surface area contributed by atoms with Gasteiger partial charge in [0.2, 0.25) is 5.75 Å². The van der Waals surface area contributed by atoms with Gasteiger partial charge in [-0.1, -0.05) is 0 Å². The Morgan fingerprint density at radius 2 is 1.87 bits per heavy atom. The predicted molar refractivity (Wildman–Crippen MR) is 56.1 cm³/mol. The highest BCUT2D eigenvalue weighted by Gasteiger charge is 2.12. The van der Waals surface area contributed by atoms with Crippen LogP contribution in [0.4, 0.5) is 0 Å². The second-order valence-corrected chi connectivity index (χ2v) is 2.81. The maximum atomic E-state index is 10.7. The fourth-order valence-electron chi connectivity index (χ4n) is 1.28. The number of methoxy groups -OCH3 is 2. The van der Waals surface area contributed by atoms with Crippen molar-refractivity contribution in [2.75, 3.05) is 20.8 Å². The van der Waals surface area contributed by atoms with Crippen LogP contribution in [-0.2, 0) is 0 Å². The minimum atomic E-state index is 0.491. The second-order valence-electron chi connectivity index (χ2n) is 2.81. The monoisotopic (exact) mass is 210 g/mol. The summed E-state index contributed by atoms with van der Waals surface area (Å²) in [5.41, 5.74) is 0.496. The Labute approximate surface area is 88.8 Å². The van der Waals surface area contributed by atoms with Gasteiger partial charge in [-0.25, -0.2) is 0 Å². The molecule has 82 valence electrons. The number of carbonyl (C=O) groups excluding carboxylic acids is 1. The van der Waals surface area contributed by atoms with Gasteiger partial charge < -0.3 is 14.2 Å². The average molecular weight is 210 g/mol. The summed E-state index contributed by atoms with van der Waals surface area (Å²) in [6.07, 6.45) is 0.741. The number of ether oxygens (including phenoxy) is 3. The quantitative estimate of drug-likeness (QED) is 0.696. The minimum Gasteiger partial charge on any atom is -0.493 e. The van der Waals surface area contributed by atoms with Crippen molar-refractivity contribution >= 4 is 6.29 Å². The van der Waals surface area contributed by atoms with E-state index in [4.69, 9.17) is 14.2 Å². The Balaban J connectivity index is 3.25. The smallest absolute Gasteiger partial charge is 0.203 e. The summed E-state index contributed by atoms with van der Waals surface area (Å²) < 4.78 is 15.6. The molecule has 4 nitrogen and oxygen atoms in total. The molecule has 0 fully saturated rings. The molecule has 0 aromatic heterocycles. The molecule has 0 amide bonds. The maximum Gasteiger partial charge on any atom is 0.203 e. The third-order valence-electron chi connectivity index (χ3n) is 1.90. The molecule has 4 heteroatoms. The van der Waals surface area contributed by atoms with Crippen LogP contribution in [0.1, 0.15) is 17.3 Å². The standard InChI is InChI=1S/C11H14O4/c1-4-15-10-6-8(7-12)5-9(13-2)11(10)14-3/h5-7H,4H2,1-3H3. The lowest BCUT2D eigenvalue weighted by molar-refractivity contribution is 0.112. The van der Waals surface area contributed by atoms with Crippen LogP contribution in [0.2, 0.25) is 0 Å². The molecule has 0 unspecified atom stereocenters. The number of aldehydes is 1. The van der Waals surface area contributed by atoms with Gasteiger partial charge in [-0.2, -0.15) is 0 Å². The first-order valence-corrected chi connectivity index (χ1v) is 4.60. The van der Waals surface area contributed by atoms with E-state index in [9.17, 15) is 4.79 Å². The molecular formula is C11H14O4. The van der Waals surface area contributed by atoms with Crippen LogP contribution in [0.5, 0.6) is 17.2 Å². The molecule has 1 rings (SSSR count). The summed E-state index contributed by atoms with van der Waals surface area (Å²) in [6.45, 7) is 2.36. The number of carbonyl (C=O) groups is 1. The first kappa shape index (κ1) is 11.4. The molecule has 1 aromatic carbocycles. The zero-order chi connectivity index (χ0) is 11.3. The van der Waals surface area contributed by atoms with Gasteiger partial charge in [0.25, 0.3) is 0 Å². The molecule has 0 saturated heterocycles. The van der Waals surface area contributed by atoms with Crippen LogP contribution in [0.15, 0.2) is 12.1 Å². The van der Waals surface area contributed by atoms with Crippen LogP contribution in [0.25, 0.3) is 0 Å². The molecule has 0 N–H and O–H groups in total. The zero-order valence-electron chi connectivity index (χ0n) is 9.07. The van der Waals surface area contributed by atoms with Crippen molar-refractivity contribution in [1.29, 1.82) is 0 Å². The van der Waals surface area contributed by atoms with Crippen molar-refractivity contribution in [3.8, 4) is 17.2 Å². The van der Waals surface area contributed by atoms with Crippen molar-refractivity contribution in [2.45, 2.75) is 6.92 Å². The van der Waals surface area contributed by atoms with E-state index in [-0.39, 0.29) is 0 Å². The molecule has 0 bridgehead atoms. The van der Waals surface area contributed by atoms with Crippen molar-refractivity contribution in [3.63, 3.8) is 0 Å². The van der Waals surface area contributed by atoms with Crippen molar-refractivity contribution in [2.24, 2.45) is 0 Å². The van der Waals surface area contributed by atoms with E-state index in [0.29, 0.717) is 29.4 Å². The lowest BCUT2D eigenvalue weighted by atomic mass is 10.2. The molecule has 0 spiro atoms. The van der Waals surface area contributed by atoms with Gasteiger partial charge in [0, 0.05) is 5.56 Å². The van der Waals surface area contributed by atoms with Gasteiger partial charge in [0.1, 0.15) is 6.29 Å². The summed E-state index contributed by atoms with van der Waals surface area (Å²) >= 11 is 0. The Hall–Kier alpha value is -1.71. The molecule has 0 radical (unpaired) electrons. The lowest BCUT2D eigenvalue weighted by Gasteiger charge is -2.13. The van der Waals surface area contributed by atoms with E-state index in [1.54, 1.807) is 12.1 Å². The van der Waals surface area contributed by atoms with Gasteiger partial charge in [-0.05, 0) is 19.1 Å². The van der Waals surface area contributed by atoms with Crippen LogP contribution < -0.4 is 14.2 Å². The van der Waals surface area contributed by atoms with E-state index in [2.05, 4.69) is 0 Å². The molecule has 0 atom stereocenters. The van der Waals surface area contributed by atoms with E-state index in [1.807, 2.05) is 6.92 Å². The van der Waals surface area contributed by atoms with E-state index < -0.39 is 0 Å². The largest absolute Gasteiger partial charge is 0.493 e. The predicted octanol–water partition coefficient (Wildman–Crippen LogP) is 1.91. The highest BCUT2D eigenvalue weighted by atomic mass is 16.5. The van der Waals surface area contributed by atoms with Crippen molar-refractivity contribution in [1.82, 2.24) is 0 Å². The fourth-order valence-corrected chi connectivity index (χ4v) is 1.28. The van der Waals surface area contributed by atoms with Crippen LogP contribution >= 0.6 is 0 Å². The highest BCUT2D eigenvalue weighted by molar-refractivity contribution is 5.78. The van der Waals surface area contributed by atoms with Crippen LogP contribution in [0.3, 0.4) is 0 Å². The van der Waals surface area contributed by atoms with Crippen molar-refractivity contribution < 1.29 is 19.0 Å². The summed E-state index contributed by atoms with van der Waals surface area (Å²) in [5, 5.41) is 0. The van der Waals surface area contributed by atoms with Crippen molar-refractivity contribution in [3.05, 3.63) is 17.7 Å². The normalized spacial score (nSPS) is 9.53. The molecule has 1 aromatic rings. The Kier molecular flexibility index (Phi) is 3.97. The molecular weight excluding hydrogens is 196 g/mol. The fraction of sp³-hybridized carbons (Fsp3) is 0.364. The SMILES string of the molecule is CCOc1cc(C=O)cc(OC)c1OC. The molecule has 0 aliphatic rings. The average Bonchev–Trinajstić information content (AvgIpc) is 2.28. The third kappa shape index (κ3) is 2.40. The van der Waals surface area contributed by atoms with Gasteiger partial charge in [0.15, 0.2) is 11.5 Å². The van der Waals surface area contributed by atoms with Crippen LogP contribution in [-0.4, -0.2) is 27.1 Å². The van der Waals surface area contributed by atoms with Crippen LogP contribution in [0, 0.1) is 0 Å². The van der Waals surface area contributed by atoms with Gasteiger partial charge >= 0.3 is 0 Å². The lowest BCUT2D eigenvalue weighted by Crippen LogP contribution is -1.99. The maximum absolute atomic E-state index is 10.7. The summed E-state index contributed by atoms with van der Waals surface area (Å²) in [5.74, 6) is 1.51. The van der Waals surface area contributed by atoms with E-state index in [0.717, 1.165) is 6.29 Å². The number of hydrogen-bond donors (Lipinski definition) is 0. The Morgan fingerprint density at radius 1 is 1.20 bits per heavy atom. The number of rotatable bonds is 5.